The smallest absolute Gasteiger partial charge is 0.271 e. The van der Waals surface area contributed by atoms with Crippen LogP contribution in [-0.4, -0.2) is 41.3 Å². The summed E-state index contributed by atoms with van der Waals surface area (Å²) in [5.74, 6) is -0.231. The number of pyridine rings is 1. The number of halogens is 1. The minimum Gasteiger partial charge on any atom is -0.350 e. The number of nitrogens with one attached hydrogen (secondary N) is 1. The lowest BCUT2D eigenvalue weighted by molar-refractivity contribution is -0.130. The zero-order valence-corrected chi connectivity index (χ0v) is 12.7. The molecule has 0 spiro atoms. The van der Waals surface area contributed by atoms with Crippen LogP contribution in [0.2, 0.25) is 0 Å². The molecular weight excluding hydrogens is 310 g/mol. The minimum atomic E-state index is -0.278. The number of hydrogen-bond donors (Lipinski definition) is 1. The van der Waals surface area contributed by atoms with Crippen LogP contribution in [-0.2, 0) is 4.79 Å². The third-order valence-corrected chi connectivity index (χ3v) is 3.35. The second kappa shape index (κ2) is 7.89. The Kier molecular flexibility index (Phi) is 6.49. The molecule has 1 aromatic heterocycles. The summed E-state index contributed by atoms with van der Waals surface area (Å²) in [6, 6.07) is 3.49. The van der Waals surface area contributed by atoms with Crippen molar-refractivity contribution >= 4 is 27.7 Å². The molecular formula is C13H18BrN3O2. The summed E-state index contributed by atoms with van der Waals surface area (Å²) in [6.45, 7) is 5.57. The van der Waals surface area contributed by atoms with E-state index in [2.05, 4.69) is 26.2 Å². The van der Waals surface area contributed by atoms with Crippen LogP contribution in [0.15, 0.2) is 22.8 Å². The normalized spacial score (nSPS) is 10.1. The van der Waals surface area contributed by atoms with Crippen LogP contribution in [0.3, 0.4) is 0 Å². The van der Waals surface area contributed by atoms with E-state index in [0.717, 1.165) is 0 Å². The molecule has 5 nitrogen and oxygen atoms in total. The van der Waals surface area contributed by atoms with Crippen LogP contribution in [0.25, 0.3) is 0 Å². The van der Waals surface area contributed by atoms with E-state index in [9.17, 15) is 9.59 Å². The maximum Gasteiger partial charge on any atom is 0.271 e. The summed E-state index contributed by atoms with van der Waals surface area (Å²) >= 11 is 3.26. The van der Waals surface area contributed by atoms with Gasteiger partial charge in [-0.25, -0.2) is 4.98 Å². The summed E-state index contributed by atoms with van der Waals surface area (Å²) in [7, 11) is 0. The van der Waals surface area contributed by atoms with E-state index in [1.54, 1.807) is 23.2 Å². The number of rotatable bonds is 6. The van der Waals surface area contributed by atoms with E-state index >= 15 is 0 Å². The summed E-state index contributed by atoms with van der Waals surface area (Å²) in [5.41, 5.74) is 0.331. The zero-order chi connectivity index (χ0) is 14.3. The molecule has 0 atom stereocenters. The number of carbonyl (C=O) groups excluding carboxylic acids is 2. The lowest BCUT2D eigenvalue weighted by atomic mass is 10.3. The molecule has 1 N–H and O–H groups in total. The fourth-order valence-electron chi connectivity index (χ4n) is 1.65. The average Bonchev–Trinajstić information content (AvgIpc) is 2.40. The Morgan fingerprint density at radius 3 is 2.63 bits per heavy atom. The molecule has 0 radical (unpaired) electrons. The van der Waals surface area contributed by atoms with Crippen LogP contribution >= 0.6 is 15.9 Å². The Morgan fingerprint density at radius 2 is 2.05 bits per heavy atom. The molecule has 0 bridgehead atoms. The highest BCUT2D eigenvalue weighted by Crippen LogP contribution is 2.12. The summed E-state index contributed by atoms with van der Waals surface area (Å²) in [4.78, 5) is 29.3. The molecule has 104 valence electrons. The SMILES string of the molecule is CCN(CC)C(=O)CCNC(=O)c1ncccc1Br. The van der Waals surface area contributed by atoms with Gasteiger partial charge in [0.05, 0.1) is 0 Å². The van der Waals surface area contributed by atoms with Crippen molar-refractivity contribution in [3.8, 4) is 0 Å². The molecule has 1 heterocycles. The Labute approximate surface area is 121 Å². The van der Waals surface area contributed by atoms with E-state index in [0.29, 0.717) is 36.2 Å². The van der Waals surface area contributed by atoms with Crippen LogP contribution in [0.4, 0.5) is 0 Å². The highest BCUT2D eigenvalue weighted by molar-refractivity contribution is 9.10. The van der Waals surface area contributed by atoms with Gasteiger partial charge in [0, 0.05) is 36.7 Å². The van der Waals surface area contributed by atoms with Crippen molar-refractivity contribution in [1.82, 2.24) is 15.2 Å². The van der Waals surface area contributed by atoms with E-state index in [4.69, 9.17) is 0 Å². The Balaban J connectivity index is 2.44. The third-order valence-electron chi connectivity index (χ3n) is 2.71. The van der Waals surface area contributed by atoms with E-state index in [1.807, 2.05) is 13.8 Å². The van der Waals surface area contributed by atoms with Crippen molar-refractivity contribution in [2.75, 3.05) is 19.6 Å². The highest BCUT2D eigenvalue weighted by Gasteiger charge is 2.13. The molecule has 0 aliphatic carbocycles. The number of carbonyl (C=O) groups is 2. The monoisotopic (exact) mass is 327 g/mol. The van der Waals surface area contributed by atoms with Gasteiger partial charge < -0.3 is 10.2 Å². The second-order valence-electron chi connectivity index (χ2n) is 3.91. The van der Waals surface area contributed by atoms with Gasteiger partial charge in [0.15, 0.2) is 0 Å². The Hall–Kier alpha value is -1.43. The van der Waals surface area contributed by atoms with Gasteiger partial charge in [0.2, 0.25) is 5.91 Å². The number of aromatic nitrogens is 1. The third kappa shape index (κ3) is 4.63. The Bertz CT molecular complexity index is 447. The first-order valence-corrected chi connectivity index (χ1v) is 7.05. The summed E-state index contributed by atoms with van der Waals surface area (Å²) in [6.07, 6.45) is 1.86. The van der Waals surface area contributed by atoms with E-state index in [-0.39, 0.29) is 11.8 Å². The molecule has 0 fully saturated rings. The lowest BCUT2D eigenvalue weighted by Crippen LogP contribution is -2.34. The van der Waals surface area contributed by atoms with Crippen molar-refractivity contribution in [3.63, 3.8) is 0 Å². The first-order valence-electron chi connectivity index (χ1n) is 6.26. The fraction of sp³-hybridized carbons (Fsp3) is 0.462. The van der Waals surface area contributed by atoms with Crippen LogP contribution < -0.4 is 5.32 Å². The lowest BCUT2D eigenvalue weighted by Gasteiger charge is -2.18. The Morgan fingerprint density at radius 1 is 1.37 bits per heavy atom. The average molecular weight is 328 g/mol. The first kappa shape index (κ1) is 15.6. The van der Waals surface area contributed by atoms with Gasteiger partial charge >= 0.3 is 0 Å². The van der Waals surface area contributed by atoms with Gasteiger partial charge in [0.25, 0.3) is 5.91 Å². The molecule has 0 saturated carbocycles. The highest BCUT2D eigenvalue weighted by atomic mass is 79.9. The van der Waals surface area contributed by atoms with Crippen molar-refractivity contribution in [1.29, 1.82) is 0 Å². The van der Waals surface area contributed by atoms with Crippen LogP contribution in [0, 0.1) is 0 Å². The molecule has 0 unspecified atom stereocenters. The molecule has 0 aromatic carbocycles. The summed E-state index contributed by atoms with van der Waals surface area (Å²) < 4.78 is 0.641. The zero-order valence-electron chi connectivity index (χ0n) is 11.1. The van der Waals surface area contributed by atoms with Gasteiger partial charge in [0.1, 0.15) is 5.69 Å². The molecule has 6 heteroatoms. The second-order valence-corrected chi connectivity index (χ2v) is 4.76. The predicted molar refractivity (Wildman–Crippen MR) is 76.8 cm³/mol. The molecule has 19 heavy (non-hydrogen) atoms. The molecule has 1 aromatic rings. The van der Waals surface area contributed by atoms with E-state index < -0.39 is 0 Å². The maximum absolute atomic E-state index is 11.8. The van der Waals surface area contributed by atoms with Gasteiger partial charge in [-0.3, -0.25) is 9.59 Å². The van der Waals surface area contributed by atoms with Crippen LogP contribution in [0.5, 0.6) is 0 Å². The molecule has 0 aliphatic heterocycles. The van der Waals surface area contributed by atoms with Gasteiger partial charge in [-0.05, 0) is 41.9 Å². The summed E-state index contributed by atoms with van der Waals surface area (Å²) in [5, 5.41) is 2.69. The standard InChI is InChI=1S/C13H18BrN3O2/c1-3-17(4-2)11(18)7-9-16-13(19)12-10(14)6-5-8-15-12/h5-6,8H,3-4,7,9H2,1-2H3,(H,16,19). The van der Waals surface area contributed by atoms with Crippen molar-refractivity contribution in [3.05, 3.63) is 28.5 Å². The van der Waals surface area contributed by atoms with Gasteiger partial charge in [-0.1, -0.05) is 0 Å². The van der Waals surface area contributed by atoms with Gasteiger partial charge in [-0.2, -0.15) is 0 Å². The predicted octanol–water partition coefficient (Wildman–Crippen LogP) is 1.83. The largest absolute Gasteiger partial charge is 0.350 e. The van der Waals surface area contributed by atoms with E-state index in [1.165, 1.54) is 0 Å². The van der Waals surface area contributed by atoms with Crippen molar-refractivity contribution in [2.24, 2.45) is 0 Å². The molecule has 0 saturated heterocycles. The van der Waals surface area contributed by atoms with Gasteiger partial charge in [-0.15, -0.1) is 0 Å². The fourth-order valence-corrected chi connectivity index (χ4v) is 2.09. The number of hydrogen-bond acceptors (Lipinski definition) is 3. The maximum atomic E-state index is 11.8. The number of nitrogens with zero attached hydrogens (tertiary/aromatic N) is 2. The first-order chi connectivity index (χ1) is 9.10. The topological polar surface area (TPSA) is 62.3 Å². The molecule has 2 amide bonds. The molecule has 1 rings (SSSR count). The minimum absolute atomic E-state index is 0.0467. The number of amides is 2. The van der Waals surface area contributed by atoms with Crippen molar-refractivity contribution < 1.29 is 9.59 Å². The van der Waals surface area contributed by atoms with Crippen LogP contribution in [0.1, 0.15) is 30.8 Å². The van der Waals surface area contributed by atoms with Crippen molar-refractivity contribution in [2.45, 2.75) is 20.3 Å². The molecule has 0 aliphatic rings. The quantitative estimate of drug-likeness (QED) is 0.867.